The summed E-state index contributed by atoms with van der Waals surface area (Å²) in [6.07, 6.45) is 0. The number of carbonyl (C=O) groups excluding carboxylic acids is 1. The van der Waals surface area contributed by atoms with E-state index < -0.39 is 0 Å². The zero-order valence-corrected chi connectivity index (χ0v) is 16.8. The highest BCUT2D eigenvalue weighted by molar-refractivity contribution is 9.10. The van der Waals surface area contributed by atoms with Gasteiger partial charge in [-0.15, -0.1) is 0 Å². The van der Waals surface area contributed by atoms with E-state index in [-0.39, 0.29) is 12.5 Å². The molecule has 0 atom stereocenters. The summed E-state index contributed by atoms with van der Waals surface area (Å²) in [6, 6.07) is 20.8. The van der Waals surface area contributed by atoms with Crippen molar-refractivity contribution in [3.63, 3.8) is 0 Å². The van der Waals surface area contributed by atoms with Gasteiger partial charge in [0.1, 0.15) is 18.1 Å². The van der Waals surface area contributed by atoms with Crippen LogP contribution in [0.15, 0.2) is 75.6 Å². The van der Waals surface area contributed by atoms with Crippen molar-refractivity contribution >= 4 is 38.3 Å². The molecule has 0 aliphatic carbocycles. The molecule has 140 valence electrons. The van der Waals surface area contributed by atoms with Gasteiger partial charge >= 0.3 is 0 Å². The minimum absolute atomic E-state index is 0.131. The third-order valence-corrected chi connectivity index (χ3v) is 5.37. The van der Waals surface area contributed by atoms with Crippen molar-refractivity contribution in [3.05, 3.63) is 88.1 Å². The van der Waals surface area contributed by atoms with Crippen LogP contribution in [0.3, 0.4) is 0 Å². The second-order valence-corrected chi connectivity index (χ2v) is 7.40. The molecule has 0 saturated carbocycles. The molecule has 0 spiro atoms. The minimum atomic E-state index is -0.156. The molecule has 1 heterocycles. The minimum Gasteiger partial charge on any atom is -0.459 e. The molecule has 0 radical (unpaired) electrons. The van der Waals surface area contributed by atoms with Gasteiger partial charge in [0, 0.05) is 21.3 Å². The summed E-state index contributed by atoms with van der Waals surface area (Å²) in [5, 5.41) is 14.0. The van der Waals surface area contributed by atoms with E-state index in [0.29, 0.717) is 22.8 Å². The lowest BCUT2D eigenvalue weighted by atomic mass is 10.0. The first-order chi connectivity index (χ1) is 13.6. The standard InChI is InChI=1S/C23H18BrNO3/c1-14-12-15(8-10-17(14)22-11-9-16(13-26)28-22)25-23(27)20-6-2-5-19-18(20)4-3-7-21(19)24/h2-12,26H,13H2,1H3,(H,25,27). The van der Waals surface area contributed by atoms with Crippen LogP contribution in [0.2, 0.25) is 0 Å². The molecule has 0 unspecified atom stereocenters. The lowest BCUT2D eigenvalue weighted by molar-refractivity contribution is 0.102. The number of anilines is 1. The summed E-state index contributed by atoms with van der Waals surface area (Å²) in [5.74, 6) is 1.06. The molecule has 0 aliphatic heterocycles. The summed E-state index contributed by atoms with van der Waals surface area (Å²) in [7, 11) is 0. The highest BCUT2D eigenvalue weighted by atomic mass is 79.9. The van der Waals surface area contributed by atoms with E-state index in [0.717, 1.165) is 26.4 Å². The van der Waals surface area contributed by atoms with Gasteiger partial charge in [0.2, 0.25) is 0 Å². The Hall–Kier alpha value is -2.89. The van der Waals surface area contributed by atoms with E-state index in [4.69, 9.17) is 9.52 Å². The quantitative estimate of drug-likeness (QED) is 0.418. The van der Waals surface area contributed by atoms with Crippen molar-refractivity contribution < 1.29 is 14.3 Å². The number of fused-ring (bicyclic) bond motifs is 1. The number of carbonyl (C=O) groups is 1. The molecule has 28 heavy (non-hydrogen) atoms. The topological polar surface area (TPSA) is 62.5 Å². The number of aryl methyl sites for hydroxylation is 1. The SMILES string of the molecule is Cc1cc(NC(=O)c2cccc3c(Br)cccc23)ccc1-c1ccc(CO)o1. The van der Waals surface area contributed by atoms with E-state index >= 15 is 0 Å². The third kappa shape index (κ3) is 3.46. The Balaban J connectivity index is 1.62. The smallest absolute Gasteiger partial charge is 0.256 e. The predicted molar refractivity (Wildman–Crippen MR) is 114 cm³/mol. The summed E-state index contributed by atoms with van der Waals surface area (Å²) >= 11 is 3.54. The van der Waals surface area contributed by atoms with E-state index in [1.807, 2.05) is 67.6 Å². The van der Waals surface area contributed by atoms with E-state index in [2.05, 4.69) is 21.2 Å². The normalized spacial score (nSPS) is 11.0. The molecule has 0 bridgehead atoms. The first-order valence-electron chi connectivity index (χ1n) is 8.86. The molecule has 3 aromatic carbocycles. The Labute approximate surface area is 170 Å². The number of rotatable bonds is 4. The zero-order valence-electron chi connectivity index (χ0n) is 15.2. The van der Waals surface area contributed by atoms with Gasteiger partial charge in [-0.2, -0.15) is 0 Å². The highest BCUT2D eigenvalue weighted by Crippen LogP contribution is 2.29. The average molecular weight is 436 g/mol. The first-order valence-corrected chi connectivity index (χ1v) is 9.65. The zero-order chi connectivity index (χ0) is 19.7. The molecule has 1 aromatic heterocycles. The molecule has 0 saturated heterocycles. The van der Waals surface area contributed by atoms with E-state index in [1.54, 1.807) is 6.07 Å². The van der Waals surface area contributed by atoms with Crippen LogP contribution in [0.1, 0.15) is 21.7 Å². The second kappa shape index (κ2) is 7.62. The number of aliphatic hydroxyl groups is 1. The Morgan fingerprint density at radius 1 is 1.04 bits per heavy atom. The van der Waals surface area contributed by atoms with Crippen LogP contribution >= 0.6 is 15.9 Å². The number of hydrogen-bond donors (Lipinski definition) is 2. The fraction of sp³-hybridized carbons (Fsp3) is 0.0870. The maximum absolute atomic E-state index is 12.9. The number of amides is 1. The van der Waals surface area contributed by atoms with E-state index in [1.165, 1.54) is 0 Å². The Morgan fingerprint density at radius 3 is 2.57 bits per heavy atom. The molecule has 0 aliphatic rings. The van der Waals surface area contributed by atoms with Crippen molar-refractivity contribution in [3.8, 4) is 11.3 Å². The number of hydrogen-bond acceptors (Lipinski definition) is 3. The average Bonchev–Trinajstić information content (AvgIpc) is 3.17. The third-order valence-electron chi connectivity index (χ3n) is 4.68. The van der Waals surface area contributed by atoms with Crippen LogP contribution in [0.5, 0.6) is 0 Å². The number of benzene rings is 3. The van der Waals surface area contributed by atoms with Crippen LogP contribution in [0.25, 0.3) is 22.1 Å². The molecule has 4 nitrogen and oxygen atoms in total. The van der Waals surface area contributed by atoms with Crippen LogP contribution in [-0.2, 0) is 6.61 Å². The number of aliphatic hydroxyl groups excluding tert-OH is 1. The van der Waals surface area contributed by atoms with Crippen molar-refractivity contribution in [2.24, 2.45) is 0 Å². The number of halogens is 1. The first kappa shape index (κ1) is 18.5. The van der Waals surface area contributed by atoms with Crippen LogP contribution in [0.4, 0.5) is 5.69 Å². The van der Waals surface area contributed by atoms with Crippen molar-refractivity contribution in [2.45, 2.75) is 13.5 Å². The summed E-state index contributed by atoms with van der Waals surface area (Å²) < 4.78 is 6.57. The second-order valence-electron chi connectivity index (χ2n) is 6.55. The van der Waals surface area contributed by atoms with Crippen molar-refractivity contribution in [2.75, 3.05) is 5.32 Å². The fourth-order valence-electron chi connectivity index (χ4n) is 3.29. The molecule has 2 N–H and O–H groups in total. The van der Waals surface area contributed by atoms with Gasteiger partial charge in [-0.25, -0.2) is 0 Å². The predicted octanol–water partition coefficient (Wildman–Crippen LogP) is 5.92. The van der Waals surface area contributed by atoms with Gasteiger partial charge in [0.15, 0.2) is 0 Å². The molecular weight excluding hydrogens is 418 g/mol. The summed E-state index contributed by atoms with van der Waals surface area (Å²) in [5.41, 5.74) is 3.23. The molecule has 1 amide bonds. The molecule has 4 rings (SSSR count). The summed E-state index contributed by atoms with van der Waals surface area (Å²) in [6.45, 7) is 1.83. The molecular formula is C23H18BrNO3. The van der Waals surface area contributed by atoms with Crippen LogP contribution < -0.4 is 5.32 Å². The van der Waals surface area contributed by atoms with Crippen LogP contribution in [-0.4, -0.2) is 11.0 Å². The molecule has 5 heteroatoms. The Kier molecular flexibility index (Phi) is 5.03. The van der Waals surface area contributed by atoms with Gasteiger partial charge in [0.05, 0.1) is 0 Å². The maximum atomic E-state index is 12.9. The monoisotopic (exact) mass is 435 g/mol. The van der Waals surface area contributed by atoms with Gasteiger partial charge in [0.25, 0.3) is 5.91 Å². The summed E-state index contributed by atoms with van der Waals surface area (Å²) in [4.78, 5) is 12.9. The Morgan fingerprint density at radius 2 is 1.82 bits per heavy atom. The number of furan rings is 1. The van der Waals surface area contributed by atoms with Gasteiger partial charge in [-0.1, -0.05) is 40.2 Å². The Bertz CT molecular complexity index is 1180. The van der Waals surface area contributed by atoms with Gasteiger partial charge in [-0.05, 0) is 65.7 Å². The molecule has 4 aromatic rings. The number of nitrogens with one attached hydrogen (secondary N) is 1. The largest absolute Gasteiger partial charge is 0.459 e. The highest BCUT2D eigenvalue weighted by Gasteiger charge is 2.13. The lowest BCUT2D eigenvalue weighted by Gasteiger charge is -2.11. The van der Waals surface area contributed by atoms with Crippen LogP contribution in [0, 0.1) is 6.92 Å². The van der Waals surface area contributed by atoms with E-state index in [9.17, 15) is 4.79 Å². The fourth-order valence-corrected chi connectivity index (χ4v) is 3.79. The van der Waals surface area contributed by atoms with Crippen molar-refractivity contribution in [1.29, 1.82) is 0 Å². The lowest BCUT2D eigenvalue weighted by Crippen LogP contribution is -2.12. The van der Waals surface area contributed by atoms with Crippen molar-refractivity contribution in [1.82, 2.24) is 0 Å². The maximum Gasteiger partial charge on any atom is 0.256 e. The van der Waals surface area contributed by atoms with Gasteiger partial charge < -0.3 is 14.8 Å². The molecule has 0 fully saturated rings. The van der Waals surface area contributed by atoms with Gasteiger partial charge in [-0.3, -0.25) is 4.79 Å².